The van der Waals surface area contributed by atoms with Crippen LogP contribution in [0.2, 0.25) is 0 Å². The van der Waals surface area contributed by atoms with Crippen LogP contribution in [0.4, 0.5) is 0 Å². The lowest BCUT2D eigenvalue weighted by Crippen LogP contribution is -2.26. The van der Waals surface area contributed by atoms with Crippen molar-refractivity contribution in [2.24, 2.45) is 0 Å². The van der Waals surface area contributed by atoms with E-state index in [9.17, 15) is 13.2 Å². The zero-order chi connectivity index (χ0) is 15.9. The van der Waals surface area contributed by atoms with Crippen molar-refractivity contribution in [1.29, 1.82) is 0 Å². The van der Waals surface area contributed by atoms with Gasteiger partial charge >= 0.3 is 5.97 Å². The van der Waals surface area contributed by atoms with E-state index in [0.717, 1.165) is 17.4 Å². The van der Waals surface area contributed by atoms with Crippen LogP contribution in [0, 0.1) is 0 Å². The normalized spacial score (nSPS) is 13.0. The molecule has 0 aromatic heterocycles. The molecule has 0 bridgehead atoms. The summed E-state index contributed by atoms with van der Waals surface area (Å²) in [6.07, 6.45) is 1.85. The second kappa shape index (κ2) is 8.11. The van der Waals surface area contributed by atoms with Gasteiger partial charge in [0.2, 0.25) is 10.0 Å². The van der Waals surface area contributed by atoms with Crippen molar-refractivity contribution in [2.45, 2.75) is 25.8 Å². The van der Waals surface area contributed by atoms with Gasteiger partial charge in [-0.3, -0.25) is 4.79 Å². The molecule has 0 amide bonds. The van der Waals surface area contributed by atoms with Gasteiger partial charge in [0.1, 0.15) is 0 Å². The molecule has 0 aliphatic carbocycles. The molecule has 0 fully saturated rings. The third kappa shape index (κ3) is 7.22. The molecule has 0 radical (unpaired) electrons. The summed E-state index contributed by atoms with van der Waals surface area (Å²) in [5.74, 6) is -1.34. The van der Waals surface area contributed by atoms with Crippen molar-refractivity contribution >= 4 is 16.0 Å². The van der Waals surface area contributed by atoms with Crippen LogP contribution in [0.25, 0.3) is 0 Å². The number of carboxylic acids is 1. The topological polar surface area (TPSA) is 95.5 Å². The van der Waals surface area contributed by atoms with Crippen LogP contribution < -0.4 is 10.0 Å². The molecule has 0 aliphatic heterocycles. The number of aliphatic carboxylic acids is 1. The number of carbonyl (C=O) groups is 1. The lowest BCUT2D eigenvalue weighted by Gasteiger charge is -2.09. The van der Waals surface area contributed by atoms with E-state index in [1.807, 2.05) is 24.3 Å². The Morgan fingerprint density at radius 3 is 2.38 bits per heavy atom. The molecule has 21 heavy (non-hydrogen) atoms. The number of benzene rings is 1. The molecule has 3 N–H and O–H groups in total. The predicted molar refractivity (Wildman–Crippen MR) is 81.7 cm³/mol. The van der Waals surface area contributed by atoms with Gasteiger partial charge in [-0.25, -0.2) is 13.1 Å². The summed E-state index contributed by atoms with van der Waals surface area (Å²) >= 11 is 0. The van der Waals surface area contributed by atoms with E-state index in [1.165, 1.54) is 0 Å². The average Bonchev–Trinajstić information content (AvgIpc) is 2.41. The molecule has 1 atom stereocenters. The van der Waals surface area contributed by atoms with Crippen LogP contribution in [0.15, 0.2) is 24.3 Å². The molecule has 0 aliphatic rings. The quantitative estimate of drug-likeness (QED) is 0.589. The molecular formula is C14H22N2O4S. The lowest BCUT2D eigenvalue weighted by atomic mass is 10.0. The minimum Gasteiger partial charge on any atom is -0.481 e. The van der Waals surface area contributed by atoms with Crippen LogP contribution in [-0.4, -0.2) is 38.8 Å². The van der Waals surface area contributed by atoms with Crippen molar-refractivity contribution in [1.82, 2.24) is 10.0 Å². The summed E-state index contributed by atoms with van der Waals surface area (Å²) in [5, 5.41) is 12.1. The summed E-state index contributed by atoms with van der Waals surface area (Å²) < 4.78 is 24.1. The number of nitrogens with one attached hydrogen (secondary N) is 2. The SMILES string of the molecule is CC(C(=O)O)c1ccc(CNCCCNS(C)(=O)=O)cc1. The Kier molecular flexibility index (Phi) is 6.80. The smallest absolute Gasteiger partial charge is 0.310 e. The number of hydrogen-bond acceptors (Lipinski definition) is 4. The Labute approximate surface area is 125 Å². The van der Waals surface area contributed by atoms with E-state index in [0.29, 0.717) is 26.1 Å². The summed E-state index contributed by atoms with van der Waals surface area (Å²) in [6.45, 7) is 3.45. The maximum absolute atomic E-state index is 10.9. The highest BCUT2D eigenvalue weighted by Crippen LogP contribution is 2.15. The minimum atomic E-state index is -3.11. The summed E-state index contributed by atoms with van der Waals surface area (Å²) in [4.78, 5) is 10.9. The molecule has 118 valence electrons. The van der Waals surface area contributed by atoms with Gasteiger partial charge in [-0.2, -0.15) is 0 Å². The first-order chi connectivity index (χ1) is 9.79. The van der Waals surface area contributed by atoms with Crippen molar-refractivity contribution < 1.29 is 18.3 Å². The Morgan fingerprint density at radius 1 is 1.24 bits per heavy atom. The average molecular weight is 314 g/mol. The molecule has 0 saturated carbocycles. The molecule has 7 heteroatoms. The first kappa shape index (κ1) is 17.6. The third-order valence-corrected chi connectivity index (χ3v) is 3.80. The van der Waals surface area contributed by atoms with E-state index in [1.54, 1.807) is 6.92 Å². The van der Waals surface area contributed by atoms with Gasteiger partial charge in [-0.1, -0.05) is 24.3 Å². The number of carboxylic acid groups (broad SMARTS) is 1. The predicted octanol–water partition coefficient (Wildman–Crippen LogP) is 0.904. The number of rotatable bonds is 9. The highest BCUT2D eigenvalue weighted by atomic mass is 32.2. The first-order valence-corrected chi connectivity index (χ1v) is 8.66. The zero-order valence-electron chi connectivity index (χ0n) is 12.3. The fraction of sp³-hybridized carbons (Fsp3) is 0.500. The van der Waals surface area contributed by atoms with E-state index in [2.05, 4.69) is 10.0 Å². The highest BCUT2D eigenvalue weighted by molar-refractivity contribution is 7.88. The van der Waals surface area contributed by atoms with Gasteiger partial charge in [-0.05, 0) is 31.0 Å². The van der Waals surface area contributed by atoms with Crippen LogP contribution in [0.1, 0.15) is 30.4 Å². The Hall–Kier alpha value is -1.44. The maximum atomic E-state index is 10.9. The Bertz CT molecular complexity index is 555. The van der Waals surface area contributed by atoms with Gasteiger partial charge in [0.15, 0.2) is 0 Å². The monoisotopic (exact) mass is 314 g/mol. The van der Waals surface area contributed by atoms with E-state index < -0.39 is 21.9 Å². The second-order valence-corrected chi connectivity index (χ2v) is 6.83. The first-order valence-electron chi connectivity index (χ1n) is 6.76. The molecule has 0 spiro atoms. The number of hydrogen-bond donors (Lipinski definition) is 3. The maximum Gasteiger partial charge on any atom is 0.310 e. The zero-order valence-corrected chi connectivity index (χ0v) is 13.1. The molecule has 1 aromatic rings. The van der Waals surface area contributed by atoms with Gasteiger partial charge < -0.3 is 10.4 Å². The van der Waals surface area contributed by atoms with Gasteiger partial charge in [-0.15, -0.1) is 0 Å². The van der Waals surface area contributed by atoms with E-state index in [4.69, 9.17) is 5.11 Å². The highest BCUT2D eigenvalue weighted by Gasteiger charge is 2.12. The molecule has 1 aromatic carbocycles. The van der Waals surface area contributed by atoms with Gasteiger partial charge in [0.05, 0.1) is 12.2 Å². The van der Waals surface area contributed by atoms with E-state index >= 15 is 0 Å². The van der Waals surface area contributed by atoms with Crippen LogP contribution >= 0.6 is 0 Å². The number of sulfonamides is 1. The molecule has 1 rings (SSSR count). The lowest BCUT2D eigenvalue weighted by molar-refractivity contribution is -0.138. The molecule has 0 saturated heterocycles. The minimum absolute atomic E-state index is 0.418. The van der Waals surface area contributed by atoms with Crippen molar-refractivity contribution in [3.63, 3.8) is 0 Å². The summed E-state index contributed by atoms with van der Waals surface area (Å²) in [7, 11) is -3.11. The Balaban J connectivity index is 2.29. The molecular weight excluding hydrogens is 292 g/mol. The van der Waals surface area contributed by atoms with Gasteiger partial charge in [0, 0.05) is 13.1 Å². The van der Waals surface area contributed by atoms with Crippen molar-refractivity contribution in [3.05, 3.63) is 35.4 Å². The standard InChI is InChI=1S/C14H22N2O4S/c1-11(14(17)18)13-6-4-12(5-7-13)10-15-8-3-9-16-21(2,19)20/h4-7,11,15-16H,3,8-10H2,1-2H3,(H,17,18). The Morgan fingerprint density at radius 2 is 1.86 bits per heavy atom. The fourth-order valence-electron chi connectivity index (χ4n) is 1.77. The largest absolute Gasteiger partial charge is 0.481 e. The third-order valence-electron chi connectivity index (χ3n) is 3.07. The van der Waals surface area contributed by atoms with Crippen molar-refractivity contribution in [3.8, 4) is 0 Å². The summed E-state index contributed by atoms with van der Waals surface area (Å²) in [6, 6.07) is 7.44. The van der Waals surface area contributed by atoms with E-state index in [-0.39, 0.29) is 0 Å². The summed E-state index contributed by atoms with van der Waals surface area (Å²) in [5.41, 5.74) is 1.84. The fourth-order valence-corrected chi connectivity index (χ4v) is 2.29. The second-order valence-electron chi connectivity index (χ2n) is 5.00. The van der Waals surface area contributed by atoms with Crippen LogP contribution in [-0.2, 0) is 21.4 Å². The van der Waals surface area contributed by atoms with Crippen LogP contribution in [0.5, 0.6) is 0 Å². The van der Waals surface area contributed by atoms with Crippen molar-refractivity contribution in [2.75, 3.05) is 19.3 Å². The van der Waals surface area contributed by atoms with Crippen LogP contribution in [0.3, 0.4) is 0 Å². The van der Waals surface area contributed by atoms with Gasteiger partial charge in [0.25, 0.3) is 0 Å². The molecule has 0 heterocycles. The molecule has 6 nitrogen and oxygen atoms in total. The molecule has 1 unspecified atom stereocenters.